The molecule has 1 rings (SSSR count). The summed E-state index contributed by atoms with van der Waals surface area (Å²) in [5, 5.41) is 2.99. The van der Waals surface area contributed by atoms with Gasteiger partial charge in [-0.1, -0.05) is 44.5 Å². The van der Waals surface area contributed by atoms with E-state index in [0.29, 0.717) is 6.54 Å². The maximum atomic E-state index is 12.6. The molecule has 0 saturated carbocycles. The van der Waals surface area contributed by atoms with Gasteiger partial charge in [0.15, 0.2) is 0 Å². The highest BCUT2D eigenvalue weighted by molar-refractivity contribution is 5.26. The van der Waals surface area contributed by atoms with Crippen molar-refractivity contribution in [1.82, 2.24) is 5.32 Å². The molecule has 1 aromatic rings. The summed E-state index contributed by atoms with van der Waals surface area (Å²) in [7, 11) is 0. The van der Waals surface area contributed by atoms with Gasteiger partial charge in [-0.2, -0.15) is 13.2 Å². The van der Waals surface area contributed by atoms with Crippen molar-refractivity contribution in [3.8, 4) is 0 Å². The Hall–Kier alpha value is -1.03. The molecule has 0 heterocycles. The van der Waals surface area contributed by atoms with Gasteiger partial charge in [0.1, 0.15) is 0 Å². The molecule has 0 fully saturated rings. The molecular formula is C15H22F3N. The topological polar surface area (TPSA) is 12.0 Å². The Labute approximate surface area is 113 Å². The predicted molar refractivity (Wildman–Crippen MR) is 72.1 cm³/mol. The number of benzene rings is 1. The number of aryl methyl sites for hydroxylation is 1. The van der Waals surface area contributed by atoms with Crippen LogP contribution in [0.1, 0.15) is 50.3 Å². The van der Waals surface area contributed by atoms with Gasteiger partial charge in [0.05, 0.1) is 6.42 Å². The van der Waals surface area contributed by atoms with Crippen molar-refractivity contribution < 1.29 is 13.2 Å². The van der Waals surface area contributed by atoms with Crippen LogP contribution in [-0.2, 0) is 6.42 Å². The van der Waals surface area contributed by atoms with E-state index in [-0.39, 0.29) is 0 Å². The minimum absolute atomic E-state index is 0.596. The molecule has 1 atom stereocenters. The molecule has 0 aliphatic rings. The lowest BCUT2D eigenvalue weighted by Gasteiger charge is -2.21. The Morgan fingerprint density at radius 3 is 2.47 bits per heavy atom. The van der Waals surface area contributed by atoms with Gasteiger partial charge < -0.3 is 5.32 Å². The lowest BCUT2D eigenvalue weighted by atomic mass is 9.99. The molecule has 0 amide bonds. The minimum Gasteiger partial charge on any atom is -0.310 e. The SMILES string of the molecule is CCCNC(CC(F)(F)F)c1cccc(CCC)c1. The van der Waals surface area contributed by atoms with Crippen LogP contribution in [0.25, 0.3) is 0 Å². The molecular weight excluding hydrogens is 251 g/mol. The van der Waals surface area contributed by atoms with Crippen LogP contribution in [0.4, 0.5) is 13.2 Å². The van der Waals surface area contributed by atoms with Crippen LogP contribution in [0.15, 0.2) is 24.3 Å². The maximum absolute atomic E-state index is 12.6. The zero-order chi connectivity index (χ0) is 14.3. The summed E-state index contributed by atoms with van der Waals surface area (Å²) >= 11 is 0. The van der Waals surface area contributed by atoms with Crippen molar-refractivity contribution in [2.75, 3.05) is 6.54 Å². The second-order valence-corrected chi connectivity index (χ2v) is 4.82. The van der Waals surface area contributed by atoms with Crippen molar-refractivity contribution in [3.63, 3.8) is 0 Å². The van der Waals surface area contributed by atoms with Crippen LogP contribution in [0, 0.1) is 0 Å². The fraction of sp³-hybridized carbons (Fsp3) is 0.600. The van der Waals surface area contributed by atoms with Crippen LogP contribution < -0.4 is 5.32 Å². The number of alkyl halides is 3. The summed E-state index contributed by atoms with van der Waals surface area (Å²) in [6.45, 7) is 4.61. The second kappa shape index (κ2) is 7.53. The van der Waals surface area contributed by atoms with Crippen molar-refractivity contribution in [1.29, 1.82) is 0 Å². The molecule has 0 aliphatic carbocycles. The normalized spacial score (nSPS) is 13.5. The Bertz CT molecular complexity index is 374. The van der Waals surface area contributed by atoms with Crippen LogP contribution in [-0.4, -0.2) is 12.7 Å². The number of nitrogens with one attached hydrogen (secondary N) is 1. The molecule has 1 unspecified atom stereocenters. The maximum Gasteiger partial charge on any atom is 0.390 e. The average molecular weight is 273 g/mol. The molecule has 1 nitrogen and oxygen atoms in total. The summed E-state index contributed by atoms with van der Waals surface area (Å²) in [4.78, 5) is 0. The van der Waals surface area contributed by atoms with E-state index in [2.05, 4.69) is 12.2 Å². The number of halogens is 3. The Balaban J connectivity index is 2.86. The highest BCUT2D eigenvalue weighted by atomic mass is 19.4. The monoisotopic (exact) mass is 273 g/mol. The fourth-order valence-electron chi connectivity index (χ4n) is 2.11. The molecule has 19 heavy (non-hydrogen) atoms. The van der Waals surface area contributed by atoms with Gasteiger partial charge in [0.25, 0.3) is 0 Å². The van der Waals surface area contributed by atoms with Crippen molar-refractivity contribution >= 4 is 0 Å². The molecule has 0 spiro atoms. The van der Waals surface area contributed by atoms with E-state index in [1.54, 1.807) is 6.07 Å². The van der Waals surface area contributed by atoms with E-state index in [4.69, 9.17) is 0 Å². The number of hydrogen-bond donors (Lipinski definition) is 1. The van der Waals surface area contributed by atoms with E-state index in [9.17, 15) is 13.2 Å². The van der Waals surface area contributed by atoms with Crippen LogP contribution in [0.5, 0.6) is 0 Å². The second-order valence-electron chi connectivity index (χ2n) is 4.82. The molecule has 1 N–H and O–H groups in total. The van der Waals surface area contributed by atoms with Gasteiger partial charge in [0.2, 0.25) is 0 Å². The van der Waals surface area contributed by atoms with Crippen molar-refractivity contribution in [2.45, 2.75) is 51.7 Å². The number of rotatable bonds is 7. The quantitative estimate of drug-likeness (QED) is 0.763. The zero-order valence-electron chi connectivity index (χ0n) is 11.6. The molecule has 0 bridgehead atoms. The first-order valence-electron chi connectivity index (χ1n) is 6.85. The summed E-state index contributed by atoms with van der Waals surface area (Å²) < 4.78 is 37.9. The first-order chi connectivity index (χ1) is 8.96. The van der Waals surface area contributed by atoms with Gasteiger partial charge in [-0.25, -0.2) is 0 Å². The van der Waals surface area contributed by atoms with Gasteiger partial charge in [0, 0.05) is 6.04 Å². The van der Waals surface area contributed by atoms with Crippen LogP contribution >= 0.6 is 0 Å². The summed E-state index contributed by atoms with van der Waals surface area (Å²) in [5.41, 5.74) is 1.84. The number of hydrogen-bond acceptors (Lipinski definition) is 1. The molecule has 0 aliphatic heterocycles. The zero-order valence-corrected chi connectivity index (χ0v) is 11.6. The highest BCUT2D eigenvalue weighted by Gasteiger charge is 2.32. The lowest BCUT2D eigenvalue weighted by Crippen LogP contribution is -2.27. The molecule has 0 radical (unpaired) electrons. The minimum atomic E-state index is -4.15. The molecule has 1 aromatic carbocycles. The van der Waals surface area contributed by atoms with Gasteiger partial charge in [-0.15, -0.1) is 0 Å². The summed E-state index contributed by atoms with van der Waals surface area (Å²) in [6, 6.07) is 6.84. The van der Waals surface area contributed by atoms with Gasteiger partial charge in [-0.3, -0.25) is 0 Å². The third kappa shape index (κ3) is 6.10. The third-order valence-electron chi connectivity index (χ3n) is 2.97. The van der Waals surface area contributed by atoms with Crippen molar-refractivity contribution in [2.24, 2.45) is 0 Å². The van der Waals surface area contributed by atoms with Gasteiger partial charge in [-0.05, 0) is 30.5 Å². The first kappa shape index (κ1) is 16.0. The Morgan fingerprint density at radius 2 is 1.89 bits per heavy atom. The van der Waals surface area contributed by atoms with E-state index >= 15 is 0 Å². The van der Waals surface area contributed by atoms with Crippen molar-refractivity contribution in [3.05, 3.63) is 35.4 Å². The van der Waals surface area contributed by atoms with E-state index in [1.165, 1.54) is 0 Å². The smallest absolute Gasteiger partial charge is 0.310 e. The van der Waals surface area contributed by atoms with Crippen LogP contribution in [0.3, 0.4) is 0 Å². The molecule has 108 valence electrons. The highest BCUT2D eigenvalue weighted by Crippen LogP contribution is 2.30. The molecule has 4 heteroatoms. The fourth-order valence-corrected chi connectivity index (χ4v) is 2.11. The standard InChI is InChI=1S/C15H22F3N/c1-3-6-12-7-5-8-13(10-12)14(19-9-4-2)11-15(16,17)18/h5,7-8,10,14,19H,3-4,6,9,11H2,1-2H3. The van der Waals surface area contributed by atoms with Crippen LogP contribution in [0.2, 0.25) is 0 Å². The Kier molecular flexibility index (Phi) is 6.35. The molecule has 0 aromatic heterocycles. The van der Waals surface area contributed by atoms with E-state index in [1.807, 2.05) is 25.1 Å². The summed E-state index contributed by atoms with van der Waals surface area (Å²) in [6.07, 6.45) is -2.24. The average Bonchev–Trinajstić information content (AvgIpc) is 2.34. The predicted octanol–water partition coefficient (Wildman–Crippen LogP) is 4.63. The lowest BCUT2D eigenvalue weighted by molar-refractivity contribution is -0.140. The van der Waals surface area contributed by atoms with E-state index < -0.39 is 18.6 Å². The summed E-state index contributed by atoms with van der Waals surface area (Å²) in [5.74, 6) is 0. The Morgan fingerprint density at radius 1 is 1.16 bits per heavy atom. The van der Waals surface area contributed by atoms with E-state index in [0.717, 1.165) is 30.4 Å². The third-order valence-corrected chi connectivity index (χ3v) is 2.97. The first-order valence-corrected chi connectivity index (χ1v) is 6.85. The molecule has 0 saturated heterocycles. The van der Waals surface area contributed by atoms with Gasteiger partial charge >= 0.3 is 6.18 Å². The largest absolute Gasteiger partial charge is 0.390 e.